The van der Waals surface area contributed by atoms with Crippen LogP contribution in [0.5, 0.6) is 0 Å². The van der Waals surface area contributed by atoms with Gasteiger partial charge in [0.15, 0.2) is 31.5 Å². The van der Waals surface area contributed by atoms with Gasteiger partial charge in [0.25, 0.3) is 16.7 Å². The fourth-order valence-corrected chi connectivity index (χ4v) is 13.7. The minimum atomic E-state index is -3.22. The summed E-state index contributed by atoms with van der Waals surface area (Å²) in [6, 6.07) is 9.34. The fraction of sp³-hybridized carbons (Fsp3) is 0.244. The Bertz CT molecular complexity index is 6940. The first kappa shape index (κ1) is 127. The van der Waals surface area contributed by atoms with Crippen LogP contribution in [0.15, 0.2) is 174 Å². The van der Waals surface area contributed by atoms with Gasteiger partial charge >= 0.3 is 55.0 Å². The number of hydrogen-bond donors (Lipinski definition) is 8. The molecule has 749 valence electrons. The molecule has 1 aliphatic rings. The Labute approximate surface area is 896 Å². The number of carboxylic acids is 1. The van der Waals surface area contributed by atoms with E-state index in [0.717, 1.165) is 43.7 Å². The molecule has 0 bridgehead atoms. The summed E-state index contributed by atoms with van der Waals surface area (Å²) in [5, 5.41) is 38.5. The number of thiol groups is 1. The Balaban J connectivity index is 0.000000525. The van der Waals surface area contributed by atoms with E-state index in [4.69, 9.17) is 112 Å². The van der Waals surface area contributed by atoms with E-state index in [1.807, 2.05) is 42.0 Å². The van der Waals surface area contributed by atoms with E-state index in [1.54, 1.807) is 110 Å². The number of carbonyl (C=O) groups excluding carboxylic acids is 3. The van der Waals surface area contributed by atoms with Crippen LogP contribution in [-0.4, -0.2) is 192 Å². The number of hydrogen-bond acceptors (Lipinski definition) is 30. The number of carbonyl (C=O) groups is 4. The number of carboxylic acid groups (broad SMARTS) is 1. The van der Waals surface area contributed by atoms with E-state index < -0.39 is 53.7 Å². The fourth-order valence-electron chi connectivity index (χ4n) is 10.3. The summed E-state index contributed by atoms with van der Waals surface area (Å²) in [5.41, 5.74) is 8.69. The van der Waals surface area contributed by atoms with E-state index in [2.05, 4.69) is 207 Å². The number of amides is 1. The van der Waals surface area contributed by atoms with Crippen molar-refractivity contribution >= 4 is 293 Å². The Hall–Kier alpha value is -8.91. The second-order valence-electron chi connectivity index (χ2n) is 26.3. The molecule has 0 spiro atoms. The number of aryl methyl sites for hydroxylation is 5. The monoisotopic (exact) mass is 2460 g/mol. The number of H-pyrrole nitrogens is 1. The van der Waals surface area contributed by atoms with Crippen molar-refractivity contribution in [2.24, 2.45) is 10.0 Å². The van der Waals surface area contributed by atoms with Crippen LogP contribution in [0.2, 0.25) is 35.8 Å². The molecule has 15 aromatic rings. The third-order valence-electron chi connectivity index (χ3n) is 16.4. The molecule has 14 heterocycles. The molecule has 0 atom stereocenters. The van der Waals surface area contributed by atoms with Gasteiger partial charge in [0.05, 0.1) is 47.4 Å². The van der Waals surface area contributed by atoms with E-state index in [1.165, 1.54) is 79.0 Å². The van der Waals surface area contributed by atoms with Gasteiger partial charge in [0, 0.05) is 131 Å². The summed E-state index contributed by atoms with van der Waals surface area (Å²) in [6.07, 6.45) is 27.2. The van der Waals surface area contributed by atoms with Crippen molar-refractivity contribution in [3.8, 4) is 17.3 Å². The zero-order valence-electron chi connectivity index (χ0n) is 73.8. The molecule has 1 fully saturated rings. The number of esters is 2. The first-order chi connectivity index (χ1) is 65.0. The average Bonchev–Trinajstić information content (AvgIpc) is 1.61. The number of nitriles is 1. The van der Waals surface area contributed by atoms with Gasteiger partial charge in [-0.25, -0.2) is 68.0 Å². The van der Waals surface area contributed by atoms with Crippen molar-refractivity contribution in [1.82, 2.24) is 112 Å². The van der Waals surface area contributed by atoms with Crippen molar-refractivity contribution in [3.05, 3.63) is 280 Å². The van der Waals surface area contributed by atoms with Gasteiger partial charge in [-0.1, -0.05) is 103 Å². The van der Waals surface area contributed by atoms with E-state index >= 15 is 0 Å². The summed E-state index contributed by atoms with van der Waals surface area (Å²) in [4.78, 5) is 133. The predicted molar refractivity (Wildman–Crippen MR) is 554 cm³/mol. The number of halogens is 19. The van der Waals surface area contributed by atoms with Crippen LogP contribution in [0.25, 0.3) is 38.8 Å². The number of fused-ring (bicyclic) bond motifs is 5. The van der Waals surface area contributed by atoms with Gasteiger partial charge in [0.2, 0.25) is 5.91 Å². The van der Waals surface area contributed by atoms with Crippen LogP contribution in [0.3, 0.4) is 0 Å². The molecule has 1 radical (unpaired) electrons. The van der Waals surface area contributed by atoms with Crippen LogP contribution in [0, 0.1) is 57.6 Å². The van der Waals surface area contributed by atoms with Crippen molar-refractivity contribution in [2.75, 3.05) is 31.6 Å². The number of ether oxygens (including phenoxy) is 2. The number of nitrogens with two attached hydrogens (primary N) is 1. The molecule has 1 saturated heterocycles. The number of aliphatic carboxylic acids is 1. The van der Waals surface area contributed by atoms with Crippen molar-refractivity contribution in [2.45, 2.75) is 94.2 Å². The maximum atomic E-state index is 13.3. The van der Waals surface area contributed by atoms with Crippen LogP contribution in [-0.2, 0) is 59.4 Å². The van der Waals surface area contributed by atoms with Crippen molar-refractivity contribution < 1.29 is 61.5 Å². The van der Waals surface area contributed by atoms with Gasteiger partial charge < -0.3 is 55.1 Å². The summed E-state index contributed by atoms with van der Waals surface area (Å²) in [7, 11) is 2.73. The van der Waals surface area contributed by atoms with Crippen LogP contribution >= 0.6 is 221 Å². The molecule has 0 aliphatic carbocycles. The van der Waals surface area contributed by atoms with Crippen molar-refractivity contribution in [3.63, 3.8) is 0 Å². The number of benzene rings is 2. The topological polar surface area (TPSA) is 517 Å². The first-order valence-electron chi connectivity index (χ1n) is 38.4. The molecule has 16 rings (SSSR count). The molecule has 13 aromatic heterocycles. The Kier molecular flexibility index (Phi) is 58.1. The second kappa shape index (κ2) is 64.0. The van der Waals surface area contributed by atoms with Gasteiger partial charge in [-0.15, -0.1) is 24.8 Å². The molecule has 1 amide bonds. The molecular formula is C78H79B2Br4Cl12F3N26O13PS. The molecular weight excluding hydrogens is 2400 g/mol. The number of rotatable bonds is 12. The Morgan fingerprint density at radius 1 is 0.621 bits per heavy atom. The molecule has 0 unspecified atom stereocenters. The van der Waals surface area contributed by atoms with E-state index in [0.29, 0.717) is 120 Å². The van der Waals surface area contributed by atoms with Gasteiger partial charge in [-0.3, -0.25) is 70.1 Å². The molecule has 1 aliphatic heterocycles. The normalized spacial score (nSPS) is 10.8. The molecule has 2 aromatic carbocycles. The van der Waals surface area contributed by atoms with Crippen molar-refractivity contribution in [1.29, 1.82) is 5.26 Å². The third kappa shape index (κ3) is 42.2. The zero-order chi connectivity index (χ0) is 104. The van der Waals surface area contributed by atoms with Gasteiger partial charge in [-0.05, 0) is 173 Å². The molecule has 62 heteroatoms. The quantitative estimate of drug-likeness (QED) is 0.0185. The third-order valence-corrected chi connectivity index (χ3v) is 20.6. The number of aromatic nitrogens is 21. The summed E-state index contributed by atoms with van der Waals surface area (Å²) in [6.45, 7) is 17.7. The average molecular weight is 2480 g/mol. The number of alkyl halides is 2. The standard InChI is InChI=1S/C15H11ClFN3O3.C11H12BrN3O3.C7H5BrClN3.C7H6BrN3O.C7H8ClN3O.C7H6ClN3.C6H5BClFO2.C5H6ClN3.C5H2ClN3.C4H7BrO2.C4H8FN.BHNS.Cl3OP.2ClH/c1-8-18-13(9-2-3-11(17)10(16)6-9)14-15(23)19(7-12(21)22)4-5-20(8)14;1-3-18-8(16)6-14-4-5-15-7(2)13-10(12)9(15)11(14)17;1-4-11-6(8)5-7(9)10-2-3-12(4)5;1-4-10-6(8)5-7(12)9-2-3-11(4)5;1-5(12)11-4-6-7(8)10-3-2-9-6;1-5-10-4-6-7(8)9-2-3-11(5)6;8-5-3-4(7(10)11)1-2-6(5)9;2*6-5-4(3-7)8-1-2-9-5;1-2-7-4(6)3-5;1-4(5)2-6-3-4;1-2-3;1-5(2,3)4;;/h2-6H,7H2,1H3,(H,21,22);4-5H,3,6H2,1-2H3;2-3H,1H3;2-3H,1H3,(H,9,12);2-3H,4H2,1H3,(H,11,12);2-4H,1H3;1-3,10-11H;1-2H,3,7H2;1-2H;2-3H2,1H3;6H,2-3H2,1H3;3H;;2*1H. The predicted octanol–water partition coefficient (Wildman–Crippen LogP) is 16.3. The summed E-state index contributed by atoms with van der Waals surface area (Å²) < 4.78 is 72.4. The summed E-state index contributed by atoms with van der Waals surface area (Å²) in [5.74, 6) is 0.838. The number of nitrogens with zero attached hydrogens (tertiary/aromatic N) is 22. The molecule has 8 N–H and O–H groups in total. The van der Waals surface area contributed by atoms with Crippen LogP contribution in [0.4, 0.5) is 13.2 Å². The molecule has 140 heavy (non-hydrogen) atoms. The minimum absolute atomic E-state index is 0. The van der Waals surface area contributed by atoms with Gasteiger partial charge in [0.1, 0.15) is 118 Å². The van der Waals surface area contributed by atoms with E-state index in [-0.39, 0.29) is 86.2 Å². The van der Waals surface area contributed by atoms with E-state index in [9.17, 15) is 51.3 Å². The van der Waals surface area contributed by atoms with Crippen LogP contribution < -0.4 is 38.5 Å². The molecule has 39 nitrogen and oxygen atoms in total. The summed E-state index contributed by atoms with van der Waals surface area (Å²) >= 11 is 69.3. The number of nitrogens with one attached hydrogen (secondary N) is 3. The maximum absolute atomic E-state index is 13.3. The second-order valence-corrected chi connectivity index (χ2v) is 38.6. The number of aromatic amines is 1. The Morgan fingerprint density at radius 2 is 1.06 bits per heavy atom. The first-order valence-corrected chi connectivity index (χ1v) is 49.3. The van der Waals surface area contributed by atoms with Crippen LogP contribution in [0.1, 0.15) is 73.9 Å². The Morgan fingerprint density at radius 3 is 1.49 bits per heavy atom. The SMILES string of the molecule is CC(=O)NCc1nccnc1Cl.CC1(F)CNC1.CCOC(=O)CBr.CCOC(=O)Cn1ccn2c(C)nc(Br)c2c1=O.Cc1nc(-c2ccc(F)c(Cl)c2)c2c(=O)n(CC(=O)O)ccn12.Cc1nc(Br)c2c(=O)[nH]ccn12.Cc1nc(Br)c2c(Cl)nccn12.Cc1ncc2c(Cl)nccn12.Cl.Cl.N#Cc1nccnc1Cl.NCc1nccnc1Cl.O=P(Cl)(Cl)Cl.OB(O)c1ccc(F)c(Cl)c1.[B]=NS. The molecule has 0 saturated carbocycles. The van der Waals surface area contributed by atoms with Gasteiger partial charge in [-0.2, -0.15) is 5.26 Å². The zero-order valence-corrected chi connectivity index (χ0v) is 91.1. The number of imidazole rings is 5.